The zero-order valence-electron chi connectivity index (χ0n) is 9.88. The Bertz CT molecular complexity index is 549. The van der Waals surface area contributed by atoms with E-state index in [1.165, 1.54) is 0 Å². The molecule has 0 radical (unpaired) electrons. The van der Waals surface area contributed by atoms with Gasteiger partial charge in [-0.1, -0.05) is 0 Å². The van der Waals surface area contributed by atoms with Crippen LogP contribution in [0.2, 0.25) is 0 Å². The fourth-order valence-electron chi connectivity index (χ4n) is 1.76. The van der Waals surface area contributed by atoms with Crippen LogP contribution in [0.3, 0.4) is 0 Å². The molecule has 94 valence electrons. The first-order valence-corrected chi connectivity index (χ1v) is 5.66. The largest absolute Gasteiger partial charge is 0.371 e. The maximum atomic E-state index is 11.9. The SMILES string of the molecule is CCn1c(=O)n(CC)c(=O)n(CC2CO2)c1=O. The molecule has 1 unspecified atom stereocenters. The van der Waals surface area contributed by atoms with Gasteiger partial charge in [0.2, 0.25) is 0 Å². The molecule has 0 aromatic carbocycles. The van der Waals surface area contributed by atoms with Crippen molar-refractivity contribution < 1.29 is 4.74 Å². The number of rotatable bonds is 4. The molecule has 7 heteroatoms. The molecule has 2 rings (SSSR count). The van der Waals surface area contributed by atoms with Gasteiger partial charge in [-0.3, -0.25) is 0 Å². The van der Waals surface area contributed by atoms with Gasteiger partial charge in [0, 0.05) is 13.1 Å². The Morgan fingerprint density at radius 3 is 1.76 bits per heavy atom. The monoisotopic (exact) mass is 241 g/mol. The lowest BCUT2D eigenvalue weighted by molar-refractivity contribution is 0.360. The Kier molecular flexibility index (Phi) is 3.01. The molecule has 0 amide bonds. The highest BCUT2D eigenvalue weighted by atomic mass is 16.6. The van der Waals surface area contributed by atoms with E-state index >= 15 is 0 Å². The average molecular weight is 241 g/mol. The molecular weight excluding hydrogens is 226 g/mol. The highest BCUT2D eigenvalue weighted by molar-refractivity contribution is 4.81. The summed E-state index contributed by atoms with van der Waals surface area (Å²) in [6.07, 6.45) is -0.0754. The van der Waals surface area contributed by atoms with Gasteiger partial charge in [0.1, 0.15) is 0 Å². The van der Waals surface area contributed by atoms with Crippen molar-refractivity contribution in [2.24, 2.45) is 0 Å². The van der Waals surface area contributed by atoms with Gasteiger partial charge in [0.05, 0.1) is 19.3 Å². The van der Waals surface area contributed by atoms with E-state index in [1.807, 2.05) is 0 Å². The average Bonchev–Trinajstić information content (AvgIpc) is 3.09. The summed E-state index contributed by atoms with van der Waals surface area (Å²) in [6.45, 7) is 4.69. The summed E-state index contributed by atoms with van der Waals surface area (Å²) in [5.41, 5.74) is -1.65. The van der Waals surface area contributed by atoms with Crippen molar-refractivity contribution in [2.45, 2.75) is 39.6 Å². The quantitative estimate of drug-likeness (QED) is 0.608. The van der Waals surface area contributed by atoms with E-state index in [1.54, 1.807) is 13.8 Å². The molecule has 0 bridgehead atoms. The van der Waals surface area contributed by atoms with Crippen molar-refractivity contribution >= 4 is 0 Å². The van der Waals surface area contributed by atoms with Crippen LogP contribution in [0.5, 0.6) is 0 Å². The van der Waals surface area contributed by atoms with Crippen LogP contribution < -0.4 is 17.1 Å². The predicted molar refractivity (Wildman–Crippen MR) is 60.3 cm³/mol. The van der Waals surface area contributed by atoms with Gasteiger partial charge >= 0.3 is 17.1 Å². The summed E-state index contributed by atoms with van der Waals surface area (Å²) in [6, 6.07) is 0. The number of epoxide rings is 1. The van der Waals surface area contributed by atoms with Crippen molar-refractivity contribution in [3.05, 3.63) is 31.5 Å². The van der Waals surface area contributed by atoms with E-state index in [0.29, 0.717) is 6.61 Å². The zero-order chi connectivity index (χ0) is 12.6. The maximum Gasteiger partial charge on any atom is 0.336 e. The second-order valence-corrected chi connectivity index (χ2v) is 3.90. The first-order chi connectivity index (χ1) is 8.10. The second kappa shape index (κ2) is 4.33. The predicted octanol–water partition coefficient (Wildman–Crippen LogP) is -1.39. The second-order valence-electron chi connectivity index (χ2n) is 3.90. The lowest BCUT2D eigenvalue weighted by Gasteiger charge is -2.10. The van der Waals surface area contributed by atoms with E-state index < -0.39 is 17.1 Å². The fraction of sp³-hybridized carbons (Fsp3) is 0.700. The molecule has 17 heavy (non-hydrogen) atoms. The van der Waals surface area contributed by atoms with Crippen molar-refractivity contribution in [1.82, 2.24) is 13.7 Å². The summed E-state index contributed by atoms with van der Waals surface area (Å²) in [5.74, 6) is 0. The molecule has 1 aromatic heterocycles. The van der Waals surface area contributed by atoms with E-state index in [4.69, 9.17) is 4.74 Å². The molecule has 1 aliphatic rings. The van der Waals surface area contributed by atoms with E-state index in [-0.39, 0.29) is 25.7 Å². The minimum Gasteiger partial charge on any atom is -0.371 e. The third-order valence-electron chi connectivity index (χ3n) is 2.81. The van der Waals surface area contributed by atoms with Crippen molar-refractivity contribution in [3.63, 3.8) is 0 Å². The summed E-state index contributed by atoms with van der Waals surface area (Å²) >= 11 is 0. The molecule has 1 saturated heterocycles. The van der Waals surface area contributed by atoms with Gasteiger partial charge < -0.3 is 4.74 Å². The molecule has 0 spiro atoms. The number of nitrogens with zero attached hydrogens (tertiary/aromatic N) is 3. The van der Waals surface area contributed by atoms with Gasteiger partial charge in [-0.2, -0.15) is 0 Å². The Morgan fingerprint density at radius 2 is 1.41 bits per heavy atom. The minimum atomic E-state index is -0.553. The van der Waals surface area contributed by atoms with Crippen molar-refractivity contribution in [1.29, 1.82) is 0 Å². The molecule has 1 atom stereocenters. The van der Waals surface area contributed by atoms with Gasteiger partial charge in [0.15, 0.2) is 0 Å². The van der Waals surface area contributed by atoms with E-state index in [9.17, 15) is 14.4 Å². The summed E-state index contributed by atoms with van der Waals surface area (Å²) in [4.78, 5) is 35.7. The van der Waals surface area contributed by atoms with Crippen LogP contribution in [0.25, 0.3) is 0 Å². The van der Waals surface area contributed by atoms with Crippen LogP contribution in [0, 0.1) is 0 Å². The first-order valence-electron chi connectivity index (χ1n) is 5.66. The van der Waals surface area contributed by atoms with Crippen LogP contribution in [0.4, 0.5) is 0 Å². The Morgan fingerprint density at radius 1 is 1.00 bits per heavy atom. The normalized spacial score (nSPS) is 18.4. The molecule has 0 saturated carbocycles. The fourth-order valence-corrected chi connectivity index (χ4v) is 1.76. The van der Waals surface area contributed by atoms with Crippen LogP contribution >= 0.6 is 0 Å². The van der Waals surface area contributed by atoms with Crippen molar-refractivity contribution in [2.75, 3.05) is 6.61 Å². The van der Waals surface area contributed by atoms with Crippen molar-refractivity contribution in [3.8, 4) is 0 Å². The number of hydrogen-bond donors (Lipinski definition) is 0. The smallest absolute Gasteiger partial charge is 0.336 e. The van der Waals surface area contributed by atoms with Crippen LogP contribution in [-0.2, 0) is 24.4 Å². The van der Waals surface area contributed by atoms with Gasteiger partial charge in [-0.25, -0.2) is 28.1 Å². The van der Waals surface area contributed by atoms with Gasteiger partial charge in [0.25, 0.3) is 0 Å². The lowest BCUT2D eigenvalue weighted by atomic mass is 10.5. The Hall–Kier alpha value is -1.63. The van der Waals surface area contributed by atoms with E-state index in [2.05, 4.69) is 0 Å². The summed E-state index contributed by atoms with van der Waals surface area (Å²) < 4.78 is 8.21. The Balaban J connectivity index is 2.68. The minimum absolute atomic E-state index is 0.0754. The topological polar surface area (TPSA) is 78.5 Å². The molecule has 7 nitrogen and oxygen atoms in total. The lowest BCUT2D eigenvalue weighted by Crippen LogP contribution is -2.54. The standard InChI is InChI=1S/C10H15N3O4/c1-3-11-8(14)12(4-2)10(16)13(9(11)15)5-7-6-17-7/h7H,3-6H2,1-2H3. The number of aromatic nitrogens is 3. The molecule has 1 fully saturated rings. The van der Waals surface area contributed by atoms with Crippen LogP contribution in [-0.4, -0.2) is 26.4 Å². The van der Waals surface area contributed by atoms with Crippen LogP contribution in [0.15, 0.2) is 14.4 Å². The highest BCUT2D eigenvalue weighted by Gasteiger charge is 2.26. The zero-order valence-corrected chi connectivity index (χ0v) is 9.88. The Labute approximate surface area is 96.9 Å². The first kappa shape index (κ1) is 11.8. The van der Waals surface area contributed by atoms with Crippen LogP contribution in [0.1, 0.15) is 13.8 Å². The number of hydrogen-bond acceptors (Lipinski definition) is 4. The maximum absolute atomic E-state index is 11.9. The molecule has 0 N–H and O–H groups in total. The van der Waals surface area contributed by atoms with Gasteiger partial charge in [-0.05, 0) is 13.8 Å². The number of ether oxygens (including phenoxy) is 1. The van der Waals surface area contributed by atoms with E-state index in [0.717, 1.165) is 13.7 Å². The summed E-state index contributed by atoms with van der Waals surface area (Å²) in [5, 5.41) is 0. The third kappa shape index (κ3) is 1.97. The molecular formula is C10H15N3O4. The molecule has 1 aromatic rings. The van der Waals surface area contributed by atoms with Gasteiger partial charge in [-0.15, -0.1) is 0 Å². The summed E-state index contributed by atoms with van der Waals surface area (Å²) in [7, 11) is 0. The third-order valence-corrected chi connectivity index (χ3v) is 2.81. The molecule has 0 aliphatic carbocycles. The molecule has 2 heterocycles. The molecule has 1 aliphatic heterocycles. The highest BCUT2D eigenvalue weighted by Crippen LogP contribution is 2.08.